The van der Waals surface area contributed by atoms with E-state index >= 15 is 0 Å². The number of pyridine rings is 1. The molecule has 0 atom stereocenters. The van der Waals surface area contributed by atoms with Gasteiger partial charge in [0.1, 0.15) is 5.82 Å². The molecule has 1 aliphatic heterocycles. The first-order chi connectivity index (χ1) is 13.2. The van der Waals surface area contributed by atoms with Gasteiger partial charge in [0.05, 0.1) is 10.4 Å². The molecule has 0 bridgehead atoms. The molecule has 0 spiro atoms. The van der Waals surface area contributed by atoms with Gasteiger partial charge in [-0.3, -0.25) is 14.8 Å². The molecule has 1 N–H and O–H groups in total. The van der Waals surface area contributed by atoms with E-state index < -0.39 is 0 Å². The molecule has 1 saturated heterocycles. The largest absolute Gasteiger partial charge is 0.301 e. The van der Waals surface area contributed by atoms with Gasteiger partial charge in [-0.05, 0) is 65.7 Å². The quantitative estimate of drug-likeness (QED) is 0.694. The Morgan fingerprint density at radius 2 is 2.00 bits per heavy atom. The van der Waals surface area contributed by atoms with E-state index in [0.717, 1.165) is 22.0 Å². The van der Waals surface area contributed by atoms with Gasteiger partial charge in [0, 0.05) is 18.1 Å². The summed E-state index contributed by atoms with van der Waals surface area (Å²) in [5.41, 5.74) is 2.88. The number of aromatic nitrogens is 1. The lowest BCUT2D eigenvalue weighted by Crippen LogP contribution is -2.20. The number of nitrogens with one attached hydrogen (secondary N) is 1. The van der Waals surface area contributed by atoms with Crippen molar-refractivity contribution in [1.29, 1.82) is 0 Å². The minimum Gasteiger partial charge on any atom is -0.301 e. The number of thioether (sulfide) groups is 1. The van der Waals surface area contributed by atoms with Crippen molar-refractivity contribution < 1.29 is 9.18 Å². The van der Waals surface area contributed by atoms with Gasteiger partial charge in [-0.1, -0.05) is 24.3 Å². The van der Waals surface area contributed by atoms with E-state index in [1.807, 2.05) is 36.4 Å². The van der Waals surface area contributed by atoms with Crippen LogP contribution in [0.2, 0.25) is 0 Å². The van der Waals surface area contributed by atoms with E-state index in [1.165, 1.54) is 23.9 Å². The van der Waals surface area contributed by atoms with E-state index in [0.29, 0.717) is 23.0 Å². The van der Waals surface area contributed by atoms with E-state index in [1.54, 1.807) is 18.3 Å². The number of amidine groups is 1. The van der Waals surface area contributed by atoms with Gasteiger partial charge in [0.15, 0.2) is 5.17 Å². The molecular weight excluding hydrogens is 361 g/mol. The highest BCUT2D eigenvalue weighted by atomic mass is 32.2. The van der Waals surface area contributed by atoms with Crippen molar-refractivity contribution in [3.05, 3.63) is 82.6 Å². The van der Waals surface area contributed by atoms with Crippen LogP contribution in [0.3, 0.4) is 0 Å². The number of halogens is 1. The molecule has 0 radical (unpaired) electrons. The lowest BCUT2D eigenvalue weighted by Gasteiger charge is -1.99. The van der Waals surface area contributed by atoms with Gasteiger partial charge in [-0.25, -0.2) is 4.39 Å². The van der Waals surface area contributed by atoms with Crippen LogP contribution in [0.4, 0.5) is 4.39 Å². The topological polar surface area (TPSA) is 54.4 Å². The maximum atomic E-state index is 12.9. The minimum atomic E-state index is -0.247. The van der Waals surface area contributed by atoms with Gasteiger partial charge in [-0.15, -0.1) is 0 Å². The zero-order chi connectivity index (χ0) is 18.6. The number of aliphatic imine (C=N–C) groups is 1. The Hall–Kier alpha value is -2.99. The summed E-state index contributed by atoms with van der Waals surface area (Å²) < 4.78 is 12.9. The molecule has 27 heavy (non-hydrogen) atoms. The van der Waals surface area contributed by atoms with E-state index in [4.69, 9.17) is 0 Å². The van der Waals surface area contributed by atoms with Crippen LogP contribution in [-0.2, 0) is 11.2 Å². The molecule has 1 aliphatic rings. The molecule has 1 fully saturated rings. The Kier molecular flexibility index (Phi) is 4.98. The van der Waals surface area contributed by atoms with E-state index in [-0.39, 0.29) is 11.7 Å². The first kappa shape index (κ1) is 17.4. The Morgan fingerprint density at radius 3 is 2.85 bits per heavy atom. The van der Waals surface area contributed by atoms with Crippen molar-refractivity contribution in [2.75, 3.05) is 6.54 Å². The molecule has 1 amide bonds. The van der Waals surface area contributed by atoms with Crippen molar-refractivity contribution in [3.63, 3.8) is 0 Å². The Balaban J connectivity index is 1.44. The monoisotopic (exact) mass is 377 g/mol. The number of carbonyl (C=O) groups is 1. The number of carbonyl (C=O) groups excluding carboxylic acids is 1. The Bertz CT molecular complexity index is 1060. The molecule has 0 aliphatic carbocycles. The SMILES string of the molecule is O=C1NC(=NCCc2ccc(F)cc2)S/C1=C\c1ccc2ncccc2c1. The number of fused-ring (bicyclic) bond motifs is 1. The van der Waals surface area contributed by atoms with Crippen LogP contribution in [0.25, 0.3) is 17.0 Å². The number of hydrogen-bond donors (Lipinski definition) is 1. The lowest BCUT2D eigenvalue weighted by atomic mass is 10.1. The molecule has 0 unspecified atom stereocenters. The maximum absolute atomic E-state index is 12.9. The molecule has 4 rings (SSSR count). The Morgan fingerprint density at radius 1 is 1.15 bits per heavy atom. The van der Waals surface area contributed by atoms with Crippen LogP contribution in [0, 0.1) is 5.82 Å². The Labute approximate surface area is 160 Å². The number of nitrogens with zero attached hydrogens (tertiary/aromatic N) is 2. The second-order valence-corrected chi connectivity index (χ2v) is 7.11. The summed E-state index contributed by atoms with van der Waals surface area (Å²) in [6.07, 6.45) is 4.31. The first-order valence-corrected chi connectivity index (χ1v) is 9.34. The highest BCUT2D eigenvalue weighted by Crippen LogP contribution is 2.27. The van der Waals surface area contributed by atoms with Crippen molar-refractivity contribution in [2.24, 2.45) is 4.99 Å². The number of benzene rings is 2. The normalized spacial score (nSPS) is 17.0. The average molecular weight is 377 g/mol. The summed E-state index contributed by atoms with van der Waals surface area (Å²) in [6, 6.07) is 16.1. The third kappa shape index (κ3) is 4.23. The predicted octanol–water partition coefficient (Wildman–Crippen LogP) is 4.18. The van der Waals surface area contributed by atoms with Crippen LogP contribution >= 0.6 is 11.8 Å². The summed E-state index contributed by atoms with van der Waals surface area (Å²) in [7, 11) is 0. The molecule has 3 aromatic rings. The molecule has 6 heteroatoms. The van der Waals surface area contributed by atoms with Crippen LogP contribution in [0.1, 0.15) is 11.1 Å². The minimum absolute atomic E-state index is 0.146. The van der Waals surface area contributed by atoms with Crippen molar-refractivity contribution in [2.45, 2.75) is 6.42 Å². The zero-order valence-corrected chi connectivity index (χ0v) is 15.2. The summed E-state index contributed by atoms with van der Waals surface area (Å²) >= 11 is 1.33. The molecule has 1 aromatic heterocycles. The molecule has 2 heterocycles. The fourth-order valence-electron chi connectivity index (χ4n) is 2.77. The van der Waals surface area contributed by atoms with Crippen LogP contribution in [0.5, 0.6) is 0 Å². The number of rotatable bonds is 4. The van der Waals surface area contributed by atoms with Gasteiger partial charge in [0.25, 0.3) is 5.91 Å². The molecule has 2 aromatic carbocycles. The third-order valence-electron chi connectivity index (χ3n) is 4.14. The second-order valence-electron chi connectivity index (χ2n) is 6.08. The van der Waals surface area contributed by atoms with Crippen molar-refractivity contribution >= 4 is 39.8 Å². The van der Waals surface area contributed by atoms with Crippen LogP contribution in [-0.4, -0.2) is 22.6 Å². The van der Waals surface area contributed by atoms with Gasteiger partial charge < -0.3 is 5.32 Å². The first-order valence-electron chi connectivity index (χ1n) is 8.52. The number of amides is 1. The van der Waals surface area contributed by atoms with Crippen molar-refractivity contribution in [3.8, 4) is 0 Å². The fraction of sp³-hybridized carbons (Fsp3) is 0.0952. The smallest absolute Gasteiger partial charge is 0.264 e. The summed E-state index contributed by atoms with van der Waals surface area (Å²) in [5, 5.41) is 4.41. The summed E-state index contributed by atoms with van der Waals surface area (Å²) in [4.78, 5) is 21.5. The average Bonchev–Trinajstić information content (AvgIpc) is 3.02. The molecule has 0 saturated carbocycles. The van der Waals surface area contributed by atoms with Gasteiger partial charge in [-0.2, -0.15) is 0 Å². The highest BCUT2D eigenvalue weighted by molar-refractivity contribution is 8.18. The lowest BCUT2D eigenvalue weighted by molar-refractivity contribution is -0.115. The van der Waals surface area contributed by atoms with Gasteiger partial charge >= 0.3 is 0 Å². The summed E-state index contributed by atoms with van der Waals surface area (Å²) in [6.45, 7) is 0.531. The molecule has 4 nitrogen and oxygen atoms in total. The predicted molar refractivity (Wildman–Crippen MR) is 108 cm³/mol. The van der Waals surface area contributed by atoms with Crippen LogP contribution in [0.15, 0.2) is 70.7 Å². The summed E-state index contributed by atoms with van der Waals surface area (Å²) in [5.74, 6) is -0.394. The zero-order valence-electron chi connectivity index (χ0n) is 14.4. The molecular formula is C21H16FN3OS. The number of hydrogen-bond acceptors (Lipinski definition) is 4. The third-order valence-corrected chi connectivity index (χ3v) is 5.09. The fourth-order valence-corrected chi connectivity index (χ4v) is 3.62. The van der Waals surface area contributed by atoms with E-state index in [9.17, 15) is 9.18 Å². The van der Waals surface area contributed by atoms with Crippen molar-refractivity contribution in [1.82, 2.24) is 10.3 Å². The maximum Gasteiger partial charge on any atom is 0.264 e. The van der Waals surface area contributed by atoms with Gasteiger partial charge in [0.2, 0.25) is 0 Å². The standard InChI is InChI=1S/C21H16FN3OS/c22-17-6-3-14(4-7-17)9-11-24-21-25-20(26)19(27-21)13-15-5-8-18-16(12-15)2-1-10-23-18/h1-8,10,12-13H,9,11H2,(H,24,25,26)/b19-13-. The van der Waals surface area contributed by atoms with Crippen LogP contribution < -0.4 is 5.32 Å². The molecule has 134 valence electrons. The van der Waals surface area contributed by atoms with E-state index in [2.05, 4.69) is 15.3 Å². The second kappa shape index (κ2) is 7.72. The highest BCUT2D eigenvalue weighted by Gasteiger charge is 2.23.